The van der Waals surface area contributed by atoms with Gasteiger partial charge in [0, 0.05) is 38.9 Å². The summed E-state index contributed by atoms with van der Waals surface area (Å²) in [5, 5.41) is 28.5. The van der Waals surface area contributed by atoms with Gasteiger partial charge in [-0.3, -0.25) is 28.8 Å². The second kappa shape index (κ2) is 39.1. The fraction of sp³-hybridized carbons (Fsp3) is 0.821. The SMILES string of the molecule is N[C@H]([C]=O)CCCCNC(=O)COCCOCCNC(=O)CC[C@H](NC(=O)COCCOCCNC(=O)CCCCCCCCCCCCCCC(=O)O)C(=O)O. The minimum atomic E-state index is -1.28. The normalized spacial score (nSPS) is 12.0. The first-order valence-corrected chi connectivity index (χ1v) is 20.5. The standard InChI is InChI=1S/C39H70N5O13/c40-32(29-45)15-13-14-20-41-36(48)30-56-27-25-55-24-22-43-35(47)19-18-33(39(52)53)44-37(49)31-57-28-26-54-23-21-42-34(46)16-11-9-7-5-3-1-2-4-6-8-10-12-17-38(50)51/h32-33H,1-28,30-31,40H2,(H,41,48)(H,42,46)(H,43,47)(H,44,49)(H,50,51)(H,52,53)/t32-,33-/m0/s1. The first kappa shape index (κ1) is 53.3. The van der Waals surface area contributed by atoms with Crippen LogP contribution >= 0.6 is 0 Å². The molecular weight excluding hydrogens is 746 g/mol. The molecule has 57 heavy (non-hydrogen) atoms. The Kier molecular flexibility index (Phi) is 36.6. The number of ether oxygens (including phenoxy) is 4. The molecule has 0 aliphatic carbocycles. The predicted molar refractivity (Wildman–Crippen MR) is 211 cm³/mol. The van der Waals surface area contributed by atoms with Gasteiger partial charge in [0.2, 0.25) is 29.9 Å². The molecule has 0 aromatic carbocycles. The summed E-state index contributed by atoms with van der Waals surface area (Å²) >= 11 is 0. The summed E-state index contributed by atoms with van der Waals surface area (Å²) in [4.78, 5) is 80.4. The highest BCUT2D eigenvalue weighted by molar-refractivity contribution is 5.85. The minimum absolute atomic E-state index is 0.0187. The molecule has 0 rings (SSSR count). The maximum Gasteiger partial charge on any atom is 0.326 e. The van der Waals surface area contributed by atoms with Gasteiger partial charge in [-0.25, -0.2) is 4.79 Å². The van der Waals surface area contributed by atoms with Crippen LogP contribution in [0.2, 0.25) is 0 Å². The third kappa shape index (κ3) is 38.9. The van der Waals surface area contributed by atoms with Gasteiger partial charge >= 0.3 is 11.9 Å². The van der Waals surface area contributed by atoms with Crippen LogP contribution in [0.15, 0.2) is 0 Å². The summed E-state index contributed by atoms with van der Waals surface area (Å²) in [7, 11) is 0. The lowest BCUT2D eigenvalue weighted by molar-refractivity contribution is -0.143. The third-order valence-electron chi connectivity index (χ3n) is 8.60. The molecule has 0 heterocycles. The molecular formula is C39H70N5O13. The molecule has 0 saturated carbocycles. The second-order valence-corrected chi connectivity index (χ2v) is 13.7. The summed E-state index contributed by atoms with van der Waals surface area (Å²) in [6, 6.07) is -1.87. The third-order valence-corrected chi connectivity index (χ3v) is 8.60. The predicted octanol–water partition coefficient (Wildman–Crippen LogP) is 1.90. The molecule has 0 saturated heterocycles. The van der Waals surface area contributed by atoms with Gasteiger partial charge in [-0.05, 0) is 38.5 Å². The quantitative estimate of drug-likeness (QED) is 0.0434. The van der Waals surface area contributed by atoms with Gasteiger partial charge in [0.05, 0.1) is 45.7 Å². The Balaban J connectivity index is 3.67. The number of nitrogens with two attached hydrogens (primary N) is 1. The number of amides is 4. The van der Waals surface area contributed by atoms with Crippen molar-refractivity contribution < 1.29 is 62.7 Å². The highest BCUT2D eigenvalue weighted by atomic mass is 16.5. The van der Waals surface area contributed by atoms with E-state index in [0.29, 0.717) is 38.8 Å². The maximum atomic E-state index is 12.2. The van der Waals surface area contributed by atoms with Crippen LogP contribution in [0.5, 0.6) is 0 Å². The Morgan fingerprint density at radius 3 is 1.46 bits per heavy atom. The topological polar surface area (TPSA) is 271 Å². The number of carbonyl (C=O) groups is 6. The minimum Gasteiger partial charge on any atom is -0.481 e. The Morgan fingerprint density at radius 2 is 0.947 bits per heavy atom. The molecule has 0 aromatic rings. The second-order valence-electron chi connectivity index (χ2n) is 13.7. The first-order chi connectivity index (χ1) is 27.5. The fourth-order valence-electron chi connectivity index (χ4n) is 5.40. The van der Waals surface area contributed by atoms with E-state index in [1.54, 1.807) is 6.29 Å². The van der Waals surface area contributed by atoms with Crippen LogP contribution in [0.1, 0.15) is 122 Å². The molecule has 1 radical (unpaired) electrons. The van der Waals surface area contributed by atoms with Crippen molar-refractivity contribution >= 4 is 41.9 Å². The average molecular weight is 817 g/mol. The molecule has 0 bridgehead atoms. The molecule has 18 nitrogen and oxygen atoms in total. The van der Waals surface area contributed by atoms with Gasteiger partial charge in [-0.1, -0.05) is 64.2 Å². The Morgan fingerprint density at radius 1 is 0.491 bits per heavy atom. The average Bonchev–Trinajstić information content (AvgIpc) is 3.17. The molecule has 0 unspecified atom stereocenters. The van der Waals surface area contributed by atoms with Crippen LogP contribution in [0.25, 0.3) is 0 Å². The van der Waals surface area contributed by atoms with Crippen LogP contribution in [-0.2, 0) is 52.5 Å². The summed E-state index contributed by atoms with van der Waals surface area (Å²) in [6.45, 7) is 1.62. The number of hydrogen-bond acceptors (Lipinski definition) is 12. The molecule has 8 N–H and O–H groups in total. The van der Waals surface area contributed by atoms with Crippen molar-refractivity contribution in [1.82, 2.24) is 21.3 Å². The number of nitrogens with one attached hydrogen (secondary N) is 4. The lowest BCUT2D eigenvalue weighted by Crippen LogP contribution is -2.43. The van der Waals surface area contributed by atoms with Crippen molar-refractivity contribution in [1.29, 1.82) is 0 Å². The van der Waals surface area contributed by atoms with Crippen LogP contribution in [0.4, 0.5) is 0 Å². The molecule has 0 aromatic heterocycles. The zero-order chi connectivity index (χ0) is 42.2. The van der Waals surface area contributed by atoms with Crippen molar-refractivity contribution in [2.45, 2.75) is 134 Å². The maximum absolute atomic E-state index is 12.2. The van der Waals surface area contributed by atoms with Crippen molar-refractivity contribution in [3.63, 3.8) is 0 Å². The molecule has 0 aliphatic heterocycles. The Hall–Kier alpha value is -3.71. The van der Waals surface area contributed by atoms with E-state index in [1.807, 2.05) is 0 Å². The van der Waals surface area contributed by atoms with E-state index in [9.17, 15) is 38.7 Å². The lowest BCUT2D eigenvalue weighted by Gasteiger charge is -2.14. The highest BCUT2D eigenvalue weighted by Crippen LogP contribution is 2.13. The van der Waals surface area contributed by atoms with E-state index in [-0.39, 0.29) is 90.5 Å². The lowest BCUT2D eigenvalue weighted by atomic mass is 10.0. The summed E-state index contributed by atoms with van der Waals surface area (Å²) < 4.78 is 21.2. The number of hydrogen-bond donors (Lipinski definition) is 7. The number of carboxylic acids is 2. The smallest absolute Gasteiger partial charge is 0.326 e. The van der Waals surface area contributed by atoms with E-state index < -0.39 is 35.8 Å². The number of rotatable bonds is 42. The monoisotopic (exact) mass is 816 g/mol. The van der Waals surface area contributed by atoms with E-state index in [0.717, 1.165) is 38.5 Å². The van der Waals surface area contributed by atoms with Crippen LogP contribution in [0, 0.1) is 0 Å². The van der Waals surface area contributed by atoms with Gasteiger partial charge < -0.3 is 56.2 Å². The Labute approximate surface area is 337 Å². The molecule has 2 atom stereocenters. The van der Waals surface area contributed by atoms with Gasteiger partial charge in [-0.2, -0.15) is 0 Å². The number of carbonyl (C=O) groups excluding carboxylic acids is 5. The van der Waals surface area contributed by atoms with Gasteiger partial charge in [-0.15, -0.1) is 0 Å². The van der Waals surface area contributed by atoms with Crippen LogP contribution < -0.4 is 27.0 Å². The zero-order valence-electron chi connectivity index (χ0n) is 33.8. The summed E-state index contributed by atoms with van der Waals surface area (Å²) in [5.74, 6) is -3.33. The molecule has 4 amide bonds. The largest absolute Gasteiger partial charge is 0.481 e. The van der Waals surface area contributed by atoms with Gasteiger partial charge in [0.25, 0.3) is 0 Å². The van der Waals surface area contributed by atoms with Crippen molar-refractivity contribution in [3.05, 3.63) is 0 Å². The van der Waals surface area contributed by atoms with Gasteiger partial charge in [0.1, 0.15) is 19.3 Å². The van der Waals surface area contributed by atoms with Gasteiger partial charge in [0.15, 0.2) is 0 Å². The highest BCUT2D eigenvalue weighted by Gasteiger charge is 2.21. The fourth-order valence-corrected chi connectivity index (χ4v) is 5.40. The van der Waals surface area contributed by atoms with Crippen LogP contribution in [-0.4, -0.2) is 137 Å². The van der Waals surface area contributed by atoms with E-state index in [2.05, 4.69) is 21.3 Å². The van der Waals surface area contributed by atoms with Crippen LogP contribution in [0.3, 0.4) is 0 Å². The number of unbranched alkanes of at least 4 members (excludes halogenated alkanes) is 12. The molecule has 0 fully saturated rings. The zero-order valence-corrected chi connectivity index (χ0v) is 33.8. The summed E-state index contributed by atoms with van der Waals surface area (Å²) in [5.41, 5.74) is 5.45. The summed E-state index contributed by atoms with van der Waals surface area (Å²) in [6.07, 6.45) is 17.1. The van der Waals surface area contributed by atoms with E-state index in [1.165, 1.54) is 38.5 Å². The van der Waals surface area contributed by atoms with Crippen molar-refractivity contribution in [2.24, 2.45) is 5.73 Å². The molecule has 18 heteroatoms. The van der Waals surface area contributed by atoms with E-state index >= 15 is 0 Å². The molecule has 329 valence electrons. The molecule has 0 spiro atoms. The first-order valence-electron chi connectivity index (χ1n) is 20.5. The number of carboxylic acid groups (broad SMARTS) is 2. The van der Waals surface area contributed by atoms with Crippen molar-refractivity contribution in [2.75, 3.05) is 72.5 Å². The molecule has 0 aliphatic rings. The number of aliphatic carboxylic acids is 2. The van der Waals surface area contributed by atoms with Crippen molar-refractivity contribution in [3.8, 4) is 0 Å². The Bertz CT molecular complexity index is 1100. The van der Waals surface area contributed by atoms with E-state index in [4.69, 9.17) is 29.8 Å².